The fraction of sp³-hybridized carbons (Fsp3) is 1.00. The van der Waals surface area contributed by atoms with E-state index in [9.17, 15) is 5.11 Å². The third kappa shape index (κ3) is 4.63. The van der Waals surface area contributed by atoms with E-state index in [4.69, 9.17) is 16.3 Å². The second-order valence-corrected chi connectivity index (χ2v) is 5.34. The number of hydrogen-bond acceptors (Lipinski definition) is 2. The number of alkyl halides is 1. The molecule has 0 aromatic heterocycles. The van der Waals surface area contributed by atoms with E-state index in [-0.39, 0.29) is 16.9 Å². The van der Waals surface area contributed by atoms with Crippen molar-refractivity contribution in [3.63, 3.8) is 0 Å². The molecule has 0 aromatic rings. The number of ether oxygens (including phenoxy) is 1. The molecule has 2 nitrogen and oxygen atoms in total. The Labute approximate surface area is 92.6 Å². The minimum atomic E-state index is -0.483. The van der Waals surface area contributed by atoms with Crippen molar-refractivity contribution >= 4 is 11.6 Å². The Bertz CT molecular complexity index is 167. The van der Waals surface area contributed by atoms with Gasteiger partial charge in [-0.05, 0) is 32.6 Å². The van der Waals surface area contributed by atoms with Crippen molar-refractivity contribution in [3.05, 3.63) is 0 Å². The molecule has 0 bridgehead atoms. The smallest absolute Gasteiger partial charge is 0.0727 e. The minimum absolute atomic E-state index is 0.203. The molecule has 1 N–H and O–H groups in total. The van der Waals surface area contributed by atoms with Crippen LogP contribution in [0.3, 0.4) is 0 Å². The first-order chi connectivity index (χ1) is 6.25. The van der Waals surface area contributed by atoms with E-state index in [1.807, 2.05) is 34.6 Å². The standard InChI is InChI=1S/C11H23ClO2/c1-6-14-11(4,5)8-10(2,3)9(13)7-12/h9,13H,6-8H2,1-5H3. The van der Waals surface area contributed by atoms with Crippen molar-refractivity contribution in [3.8, 4) is 0 Å². The molecule has 0 heterocycles. The molecule has 0 saturated carbocycles. The topological polar surface area (TPSA) is 29.5 Å². The summed E-state index contributed by atoms with van der Waals surface area (Å²) in [7, 11) is 0. The van der Waals surface area contributed by atoms with Crippen molar-refractivity contribution in [1.82, 2.24) is 0 Å². The van der Waals surface area contributed by atoms with E-state index < -0.39 is 6.10 Å². The van der Waals surface area contributed by atoms with Crippen molar-refractivity contribution in [2.45, 2.75) is 52.7 Å². The zero-order valence-electron chi connectivity index (χ0n) is 9.93. The average Bonchev–Trinajstić information content (AvgIpc) is 2.00. The molecule has 1 atom stereocenters. The zero-order valence-corrected chi connectivity index (χ0v) is 10.7. The van der Waals surface area contributed by atoms with Gasteiger partial charge in [-0.15, -0.1) is 11.6 Å². The van der Waals surface area contributed by atoms with E-state index in [0.717, 1.165) is 6.42 Å². The summed E-state index contributed by atoms with van der Waals surface area (Å²) < 4.78 is 5.61. The van der Waals surface area contributed by atoms with E-state index >= 15 is 0 Å². The lowest BCUT2D eigenvalue weighted by molar-refractivity contribution is -0.0636. The maximum atomic E-state index is 9.73. The predicted octanol–water partition coefficient (Wildman–Crippen LogP) is 2.82. The molecule has 0 aliphatic heterocycles. The first-order valence-electron chi connectivity index (χ1n) is 5.13. The van der Waals surface area contributed by atoms with Crippen LogP contribution in [0.25, 0.3) is 0 Å². The van der Waals surface area contributed by atoms with Crippen LogP contribution in [0.4, 0.5) is 0 Å². The van der Waals surface area contributed by atoms with E-state index in [0.29, 0.717) is 6.61 Å². The molecule has 0 amide bonds. The summed E-state index contributed by atoms with van der Waals surface area (Å²) in [5.41, 5.74) is -0.411. The van der Waals surface area contributed by atoms with Gasteiger partial charge in [-0.2, -0.15) is 0 Å². The molecule has 0 aliphatic rings. The highest BCUT2D eigenvalue weighted by Crippen LogP contribution is 2.33. The molecular formula is C11H23ClO2. The van der Waals surface area contributed by atoms with Crippen LogP contribution in [0, 0.1) is 5.41 Å². The number of aliphatic hydroxyl groups excluding tert-OH is 1. The van der Waals surface area contributed by atoms with Gasteiger partial charge in [0.05, 0.1) is 11.7 Å². The van der Waals surface area contributed by atoms with Gasteiger partial charge in [0.1, 0.15) is 0 Å². The number of hydrogen-bond donors (Lipinski definition) is 1. The van der Waals surface area contributed by atoms with Crippen LogP contribution >= 0.6 is 11.6 Å². The van der Waals surface area contributed by atoms with Gasteiger partial charge < -0.3 is 9.84 Å². The van der Waals surface area contributed by atoms with Crippen LogP contribution in [0.15, 0.2) is 0 Å². The maximum Gasteiger partial charge on any atom is 0.0727 e. The van der Waals surface area contributed by atoms with Gasteiger partial charge in [-0.1, -0.05) is 13.8 Å². The Kier molecular flexibility index (Phi) is 5.42. The Morgan fingerprint density at radius 1 is 1.29 bits per heavy atom. The highest BCUT2D eigenvalue weighted by atomic mass is 35.5. The first-order valence-corrected chi connectivity index (χ1v) is 5.66. The molecule has 3 heteroatoms. The SMILES string of the molecule is CCOC(C)(C)CC(C)(C)C(O)CCl. The summed E-state index contributed by atoms with van der Waals surface area (Å²) in [6, 6.07) is 0. The van der Waals surface area contributed by atoms with Gasteiger partial charge in [0, 0.05) is 12.5 Å². The molecule has 1 unspecified atom stereocenters. The fourth-order valence-corrected chi connectivity index (χ4v) is 2.28. The van der Waals surface area contributed by atoms with E-state index in [1.165, 1.54) is 0 Å². The largest absolute Gasteiger partial charge is 0.391 e. The highest BCUT2D eigenvalue weighted by molar-refractivity contribution is 6.18. The van der Waals surface area contributed by atoms with Crippen LogP contribution in [0.5, 0.6) is 0 Å². The Morgan fingerprint density at radius 2 is 1.79 bits per heavy atom. The van der Waals surface area contributed by atoms with Gasteiger partial charge in [0.25, 0.3) is 0 Å². The average molecular weight is 223 g/mol. The van der Waals surface area contributed by atoms with Crippen molar-refractivity contribution < 1.29 is 9.84 Å². The Balaban J connectivity index is 4.33. The molecule has 0 aliphatic carbocycles. The monoisotopic (exact) mass is 222 g/mol. The summed E-state index contributed by atoms with van der Waals surface area (Å²) in [4.78, 5) is 0. The summed E-state index contributed by atoms with van der Waals surface area (Å²) in [5.74, 6) is 0.273. The molecular weight excluding hydrogens is 200 g/mol. The van der Waals surface area contributed by atoms with E-state index in [2.05, 4.69) is 0 Å². The van der Waals surface area contributed by atoms with Crippen molar-refractivity contribution in [2.75, 3.05) is 12.5 Å². The van der Waals surface area contributed by atoms with Gasteiger partial charge in [-0.3, -0.25) is 0 Å². The molecule has 0 spiro atoms. The third-order valence-electron chi connectivity index (χ3n) is 2.46. The van der Waals surface area contributed by atoms with Crippen molar-refractivity contribution in [1.29, 1.82) is 0 Å². The lowest BCUT2D eigenvalue weighted by atomic mass is 9.78. The number of rotatable bonds is 6. The van der Waals surface area contributed by atoms with Crippen LogP contribution < -0.4 is 0 Å². The van der Waals surface area contributed by atoms with Crippen molar-refractivity contribution in [2.24, 2.45) is 5.41 Å². The number of halogens is 1. The molecule has 0 aromatic carbocycles. The zero-order chi connectivity index (χ0) is 11.4. The van der Waals surface area contributed by atoms with Gasteiger partial charge in [0.2, 0.25) is 0 Å². The first kappa shape index (κ1) is 14.2. The molecule has 86 valence electrons. The Hall–Kier alpha value is 0.210. The fourth-order valence-electron chi connectivity index (χ4n) is 1.87. The van der Waals surface area contributed by atoms with Crippen LogP contribution in [0.2, 0.25) is 0 Å². The predicted molar refractivity (Wildman–Crippen MR) is 60.8 cm³/mol. The number of aliphatic hydroxyl groups is 1. The lowest BCUT2D eigenvalue weighted by Crippen LogP contribution is -2.39. The molecule has 0 rings (SSSR count). The van der Waals surface area contributed by atoms with Gasteiger partial charge >= 0.3 is 0 Å². The van der Waals surface area contributed by atoms with Crippen LogP contribution in [0.1, 0.15) is 41.0 Å². The molecule has 0 fully saturated rings. The second kappa shape index (κ2) is 5.34. The minimum Gasteiger partial charge on any atom is -0.391 e. The molecule has 0 radical (unpaired) electrons. The summed E-state index contributed by atoms with van der Waals surface area (Å²) in [6.07, 6.45) is 0.311. The molecule has 14 heavy (non-hydrogen) atoms. The maximum absolute atomic E-state index is 9.73. The van der Waals surface area contributed by atoms with Crippen LogP contribution in [-0.4, -0.2) is 29.3 Å². The highest BCUT2D eigenvalue weighted by Gasteiger charge is 2.34. The van der Waals surface area contributed by atoms with Gasteiger partial charge in [0.15, 0.2) is 0 Å². The summed E-state index contributed by atoms with van der Waals surface area (Å²) >= 11 is 5.65. The van der Waals surface area contributed by atoms with Gasteiger partial charge in [-0.25, -0.2) is 0 Å². The quantitative estimate of drug-likeness (QED) is 0.701. The normalized spacial score (nSPS) is 15.6. The third-order valence-corrected chi connectivity index (χ3v) is 2.76. The van der Waals surface area contributed by atoms with E-state index in [1.54, 1.807) is 0 Å². The summed E-state index contributed by atoms with van der Waals surface area (Å²) in [5, 5.41) is 9.73. The Morgan fingerprint density at radius 3 is 2.14 bits per heavy atom. The summed E-state index contributed by atoms with van der Waals surface area (Å²) in [6.45, 7) is 10.8. The lowest BCUT2D eigenvalue weighted by Gasteiger charge is -2.37. The van der Waals surface area contributed by atoms with Crippen LogP contribution in [-0.2, 0) is 4.74 Å². The second-order valence-electron chi connectivity index (χ2n) is 5.03. The molecule has 0 saturated heterocycles.